The second kappa shape index (κ2) is 4.27. The minimum Gasteiger partial charge on any atom is -0.398 e. The van der Waals surface area contributed by atoms with Crippen LogP contribution in [0.3, 0.4) is 0 Å². The summed E-state index contributed by atoms with van der Waals surface area (Å²) < 4.78 is 5.57. The molecule has 0 amide bonds. The average Bonchev–Trinajstić information content (AvgIpc) is 2.62. The first-order chi connectivity index (χ1) is 8.05. The molecule has 0 spiro atoms. The lowest BCUT2D eigenvalue weighted by atomic mass is 9.94. The monoisotopic (exact) mass is 231 g/mol. The highest BCUT2D eigenvalue weighted by Crippen LogP contribution is 2.30. The lowest BCUT2D eigenvalue weighted by Crippen LogP contribution is -2.41. The summed E-state index contributed by atoms with van der Waals surface area (Å²) in [5.74, 6) is 0. The fourth-order valence-corrected chi connectivity index (χ4v) is 2.06. The third-order valence-corrected chi connectivity index (χ3v) is 3.49. The molecular formula is C13H17N3O. The predicted octanol–water partition coefficient (Wildman–Crippen LogP) is 2.12. The summed E-state index contributed by atoms with van der Waals surface area (Å²) in [6.45, 7) is 4.96. The van der Waals surface area contributed by atoms with E-state index in [1.54, 1.807) is 12.1 Å². The van der Waals surface area contributed by atoms with E-state index < -0.39 is 0 Å². The van der Waals surface area contributed by atoms with Crippen LogP contribution in [0.1, 0.15) is 25.8 Å². The van der Waals surface area contributed by atoms with Crippen LogP contribution in [0.15, 0.2) is 18.2 Å². The fraction of sp³-hybridized carbons (Fsp3) is 0.462. The van der Waals surface area contributed by atoms with Gasteiger partial charge in [-0.15, -0.1) is 0 Å². The zero-order chi connectivity index (χ0) is 12.5. The Balaban J connectivity index is 2.22. The molecule has 0 aliphatic carbocycles. The molecule has 0 aromatic heterocycles. The zero-order valence-electron chi connectivity index (χ0n) is 10.2. The minimum absolute atomic E-state index is 0.0805. The fourth-order valence-electron chi connectivity index (χ4n) is 2.06. The first-order valence-electron chi connectivity index (χ1n) is 5.74. The van der Waals surface area contributed by atoms with Gasteiger partial charge in [0.1, 0.15) is 6.07 Å². The lowest BCUT2D eigenvalue weighted by molar-refractivity contribution is 0.105. The Morgan fingerprint density at radius 3 is 2.94 bits per heavy atom. The van der Waals surface area contributed by atoms with Crippen molar-refractivity contribution in [3.05, 3.63) is 23.8 Å². The van der Waals surface area contributed by atoms with Gasteiger partial charge in [-0.2, -0.15) is 5.26 Å². The zero-order valence-corrected chi connectivity index (χ0v) is 10.2. The summed E-state index contributed by atoms with van der Waals surface area (Å²) in [7, 11) is 0. The molecule has 1 heterocycles. The predicted molar refractivity (Wildman–Crippen MR) is 67.6 cm³/mol. The number of hydrogen-bond acceptors (Lipinski definition) is 4. The van der Waals surface area contributed by atoms with Gasteiger partial charge in [-0.25, -0.2) is 0 Å². The van der Waals surface area contributed by atoms with Gasteiger partial charge >= 0.3 is 0 Å². The molecule has 90 valence electrons. The maximum Gasteiger partial charge on any atom is 0.101 e. The van der Waals surface area contributed by atoms with Gasteiger partial charge in [-0.05, 0) is 38.5 Å². The molecule has 4 nitrogen and oxygen atoms in total. The van der Waals surface area contributed by atoms with Crippen molar-refractivity contribution in [2.75, 3.05) is 17.7 Å². The molecule has 1 aliphatic heterocycles. The van der Waals surface area contributed by atoms with Crippen LogP contribution in [-0.2, 0) is 4.74 Å². The van der Waals surface area contributed by atoms with Crippen molar-refractivity contribution >= 4 is 11.4 Å². The van der Waals surface area contributed by atoms with Gasteiger partial charge in [0.15, 0.2) is 0 Å². The van der Waals surface area contributed by atoms with Crippen molar-refractivity contribution < 1.29 is 4.74 Å². The Morgan fingerprint density at radius 1 is 1.59 bits per heavy atom. The highest BCUT2D eigenvalue weighted by molar-refractivity contribution is 5.62. The molecule has 1 fully saturated rings. The van der Waals surface area contributed by atoms with Crippen LogP contribution in [0.25, 0.3) is 0 Å². The SMILES string of the molecule is CC1OCCC1(C)Nc1ccc(N)c(C#N)c1. The Morgan fingerprint density at radius 2 is 2.35 bits per heavy atom. The Kier molecular flexibility index (Phi) is 2.95. The van der Waals surface area contributed by atoms with Gasteiger partial charge in [-0.1, -0.05) is 0 Å². The van der Waals surface area contributed by atoms with Crippen LogP contribution in [0.4, 0.5) is 11.4 Å². The highest BCUT2D eigenvalue weighted by atomic mass is 16.5. The number of benzene rings is 1. The molecule has 2 unspecified atom stereocenters. The van der Waals surface area contributed by atoms with E-state index in [0.717, 1.165) is 18.7 Å². The molecule has 2 rings (SSSR count). The van der Waals surface area contributed by atoms with E-state index in [0.29, 0.717) is 11.3 Å². The number of nitrogen functional groups attached to an aromatic ring is 1. The van der Waals surface area contributed by atoms with Crippen molar-refractivity contribution in [3.63, 3.8) is 0 Å². The van der Waals surface area contributed by atoms with Crippen LogP contribution in [0.2, 0.25) is 0 Å². The molecule has 1 aromatic rings. The van der Waals surface area contributed by atoms with Crippen LogP contribution in [0, 0.1) is 11.3 Å². The van der Waals surface area contributed by atoms with Crippen LogP contribution >= 0.6 is 0 Å². The molecular weight excluding hydrogens is 214 g/mol. The molecule has 0 radical (unpaired) electrons. The van der Waals surface area contributed by atoms with E-state index in [-0.39, 0.29) is 11.6 Å². The van der Waals surface area contributed by atoms with E-state index in [2.05, 4.69) is 25.2 Å². The van der Waals surface area contributed by atoms with E-state index >= 15 is 0 Å². The van der Waals surface area contributed by atoms with Crippen molar-refractivity contribution in [2.45, 2.75) is 31.9 Å². The van der Waals surface area contributed by atoms with Crippen molar-refractivity contribution in [1.29, 1.82) is 5.26 Å². The van der Waals surface area contributed by atoms with Crippen LogP contribution in [0.5, 0.6) is 0 Å². The average molecular weight is 231 g/mol. The second-order valence-electron chi connectivity index (χ2n) is 4.72. The van der Waals surface area contributed by atoms with Gasteiger partial charge in [0.2, 0.25) is 0 Å². The minimum atomic E-state index is -0.0805. The molecule has 1 aromatic carbocycles. The third-order valence-electron chi connectivity index (χ3n) is 3.49. The largest absolute Gasteiger partial charge is 0.398 e. The van der Waals surface area contributed by atoms with Crippen LogP contribution in [-0.4, -0.2) is 18.2 Å². The summed E-state index contributed by atoms with van der Waals surface area (Å²) in [4.78, 5) is 0. The Hall–Kier alpha value is -1.73. The molecule has 0 bridgehead atoms. The molecule has 1 saturated heterocycles. The van der Waals surface area contributed by atoms with E-state index in [1.807, 2.05) is 6.07 Å². The number of nitrogens with one attached hydrogen (secondary N) is 1. The molecule has 2 atom stereocenters. The summed E-state index contributed by atoms with van der Waals surface area (Å²) in [5.41, 5.74) is 7.54. The number of nitrogens with two attached hydrogens (primary N) is 1. The molecule has 17 heavy (non-hydrogen) atoms. The number of rotatable bonds is 2. The van der Waals surface area contributed by atoms with E-state index in [4.69, 9.17) is 15.7 Å². The topological polar surface area (TPSA) is 71.1 Å². The number of hydrogen-bond donors (Lipinski definition) is 2. The number of anilines is 2. The van der Waals surface area contributed by atoms with Gasteiger partial charge in [0.05, 0.1) is 17.2 Å². The van der Waals surface area contributed by atoms with Crippen molar-refractivity contribution in [1.82, 2.24) is 0 Å². The number of nitriles is 1. The number of nitrogens with zero attached hydrogens (tertiary/aromatic N) is 1. The van der Waals surface area contributed by atoms with Gasteiger partial charge < -0.3 is 15.8 Å². The second-order valence-corrected chi connectivity index (χ2v) is 4.72. The summed E-state index contributed by atoms with van der Waals surface area (Å²) in [6, 6.07) is 7.52. The maximum atomic E-state index is 8.94. The van der Waals surface area contributed by atoms with E-state index in [1.165, 1.54) is 0 Å². The molecule has 1 aliphatic rings. The molecule has 4 heteroatoms. The van der Waals surface area contributed by atoms with Gasteiger partial charge in [0.25, 0.3) is 0 Å². The quantitative estimate of drug-likeness (QED) is 0.765. The van der Waals surface area contributed by atoms with Crippen LogP contribution < -0.4 is 11.1 Å². The first kappa shape index (κ1) is 11.7. The Bertz CT molecular complexity index is 466. The molecule has 3 N–H and O–H groups in total. The lowest BCUT2D eigenvalue weighted by Gasteiger charge is -2.30. The number of ether oxygens (including phenoxy) is 1. The van der Waals surface area contributed by atoms with Gasteiger partial charge in [-0.3, -0.25) is 0 Å². The third kappa shape index (κ3) is 2.20. The van der Waals surface area contributed by atoms with E-state index in [9.17, 15) is 0 Å². The standard InChI is InChI=1S/C13H17N3O/c1-9-13(2,5-6-17-9)16-11-3-4-12(15)10(7-11)8-14/h3-4,7,9,16H,5-6,15H2,1-2H3. The Labute approximate surface area is 101 Å². The summed E-state index contributed by atoms with van der Waals surface area (Å²) in [5, 5.41) is 12.4. The van der Waals surface area contributed by atoms with Crippen molar-refractivity contribution in [3.8, 4) is 6.07 Å². The first-order valence-corrected chi connectivity index (χ1v) is 5.74. The maximum absolute atomic E-state index is 8.94. The summed E-state index contributed by atoms with van der Waals surface area (Å²) >= 11 is 0. The normalized spacial score (nSPS) is 27.7. The molecule has 0 saturated carbocycles. The van der Waals surface area contributed by atoms with Gasteiger partial charge in [0, 0.05) is 18.0 Å². The highest BCUT2D eigenvalue weighted by Gasteiger charge is 2.36. The smallest absolute Gasteiger partial charge is 0.101 e. The summed E-state index contributed by atoms with van der Waals surface area (Å²) in [6.07, 6.45) is 1.12. The van der Waals surface area contributed by atoms with Crippen molar-refractivity contribution in [2.24, 2.45) is 0 Å².